The molecule has 64 heavy (non-hydrogen) atoms. The lowest BCUT2D eigenvalue weighted by Crippen LogP contribution is -2.37. The number of alkyl halides is 2. The fraction of sp³-hybridized carbons (Fsp3) is 0.289. The Morgan fingerprint density at radius 2 is 1.30 bits per heavy atom. The number of hydrogen-bond donors (Lipinski definition) is 0. The van der Waals surface area contributed by atoms with E-state index in [0.29, 0.717) is 39.2 Å². The predicted molar refractivity (Wildman–Crippen MR) is 243 cm³/mol. The summed E-state index contributed by atoms with van der Waals surface area (Å²) in [6.45, 7) is 3.96. The van der Waals surface area contributed by atoms with Gasteiger partial charge in [0.1, 0.15) is 55.7 Å². The average Bonchev–Trinajstić information content (AvgIpc) is 3.99. The van der Waals surface area contributed by atoms with Gasteiger partial charge in [-0.2, -0.15) is 10.5 Å². The summed E-state index contributed by atoms with van der Waals surface area (Å²) in [4.78, 5) is 8.02. The molecule has 2 heterocycles. The summed E-state index contributed by atoms with van der Waals surface area (Å²) in [6, 6.07) is 25.5. The zero-order chi connectivity index (χ0) is 46.1. The van der Waals surface area contributed by atoms with Crippen LogP contribution in [0.5, 0.6) is 23.0 Å². The second-order valence-electron chi connectivity index (χ2n) is 14.4. The number of hydrogen-bond acceptors (Lipinski definition) is 14. The minimum absolute atomic E-state index is 0.0374. The number of benzene rings is 4. The monoisotopic (exact) mass is 984 g/mol. The molecule has 6 rings (SSSR count). The van der Waals surface area contributed by atoms with Gasteiger partial charge in [-0.05, 0) is 90.9 Å². The number of sulfone groups is 1. The number of ether oxygens (including phenoxy) is 5. The molecule has 0 amide bonds. The summed E-state index contributed by atoms with van der Waals surface area (Å²) >= 11 is 26.9. The average molecular weight is 987 g/mol. The van der Waals surface area contributed by atoms with E-state index in [9.17, 15) is 18.9 Å². The van der Waals surface area contributed by atoms with E-state index in [1.165, 1.54) is 11.8 Å². The molecule has 0 spiro atoms. The Hall–Kier alpha value is -5.10. The lowest BCUT2D eigenvalue weighted by atomic mass is 9.76. The number of nitrogens with zero attached hydrogens (tertiary/aromatic N) is 4. The van der Waals surface area contributed by atoms with Gasteiger partial charge in [-0.25, -0.2) is 18.4 Å². The minimum atomic E-state index is -3.65. The van der Waals surface area contributed by atoms with E-state index in [1.54, 1.807) is 54.7 Å². The van der Waals surface area contributed by atoms with Crippen LogP contribution < -0.4 is 18.9 Å². The molecule has 4 aromatic carbocycles. The van der Waals surface area contributed by atoms with E-state index in [0.717, 1.165) is 18.2 Å². The Bertz CT molecular complexity index is 2770. The number of nitriles is 2. The van der Waals surface area contributed by atoms with Gasteiger partial charge in [0.05, 0.1) is 45.7 Å². The summed E-state index contributed by atoms with van der Waals surface area (Å²) < 4.78 is 66.0. The summed E-state index contributed by atoms with van der Waals surface area (Å²) in [5.74, 6) is 2.30. The highest BCUT2D eigenvalue weighted by atomic mass is 35.5. The van der Waals surface area contributed by atoms with Crippen molar-refractivity contribution in [2.24, 2.45) is 0 Å². The normalized spacial score (nSPS) is 13.3. The maximum absolute atomic E-state index is 12.2. The molecule has 0 N–H and O–H groups in total. The first-order valence-corrected chi connectivity index (χ1v) is 24.2. The Morgan fingerprint density at radius 1 is 0.750 bits per heavy atom. The lowest BCUT2D eigenvalue weighted by molar-refractivity contribution is -0.0229. The van der Waals surface area contributed by atoms with Crippen molar-refractivity contribution in [3.8, 4) is 35.1 Å². The molecule has 0 saturated carbocycles. The smallest absolute Gasteiger partial charge is 0.255 e. The molecule has 0 aliphatic rings. The van der Waals surface area contributed by atoms with Gasteiger partial charge in [0, 0.05) is 11.7 Å². The minimum Gasteiger partial charge on any atom is -0.489 e. The third-order valence-electron chi connectivity index (χ3n) is 10.1. The first kappa shape index (κ1) is 48.4. The zero-order valence-corrected chi connectivity index (χ0v) is 39.5. The molecule has 2 aromatic heterocycles. The van der Waals surface area contributed by atoms with E-state index < -0.39 is 20.9 Å². The van der Waals surface area contributed by atoms with Crippen LogP contribution in [0, 0.1) is 22.7 Å². The van der Waals surface area contributed by atoms with Gasteiger partial charge >= 0.3 is 0 Å². The lowest BCUT2D eigenvalue weighted by Gasteiger charge is -2.38. The van der Waals surface area contributed by atoms with Crippen molar-refractivity contribution in [1.29, 1.82) is 10.5 Å². The molecule has 2 atom stereocenters. The number of halogens is 4. The molecule has 0 fully saturated rings. The molecule has 0 saturated heterocycles. The van der Waals surface area contributed by atoms with E-state index in [2.05, 4.69) is 22.1 Å². The Labute approximate surface area is 395 Å². The molecular weight excluding hydrogens is 946 g/mol. The van der Waals surface area contributed by atoms with Gasteiger partial charge < -0.3 is 32.5 Å². The summed E-state index contributed by atoms with van der Waals surface area (Å²) in [6.07, 6.45) is 5.56. The molecule has 6 aromatic rings. The van der Waals surface area contributed by atoms with Crippen LogP contribution in [-0.4, -0.2) is 62.5 Å². The van der Waals surface area contributed by atoms with Crippen molar-refractivity contribution in [3.63, 3.8) is 0 Å². The maximum Gasteiger partial charge on any atom is 0.255 e. The standard InChI is InChI=1S/C45H40Cl4N4O9S2/c1-44(32-17-28(21-50)40(37(48)19-32)56-15-13-46,30-5-9-34(10-6-30)58-24-36-23-52-43(62-36)63-3)26-61-45(2,33-18-29(22-51)41(38(49)20-33)57-16-14-47)31-7-11-35(12-8-31)59-25-39-42(53-27-60-39)64(4,54)55/h5-12,17-20,23,27H,13-16,24-26H2,1-4H3. The van der Waals surface area contributed by atoms with Crippen LogP contribution >= 0.6 is 58.2 Å². The predicted octanol–water partition coefficient (Wildman–Crippen LogP) is 10.5. The Morgan fingerprint density at radius 3 is 1.83 bits per heavy atom. The third kappa shape index (κ3) is 11.0. The highest BCUT2D eigenvalue weighted by molar-refractivity contribution is 7.98. The van der Waals surface area contributed by atoms with E-state index in [1.807, 2.05) is 44.4 Å². The molecule has 13 nitrogen and oxygen atoms in total. The van der Waals surface area contributed by atoms with E-state index in [4.69, 9.17) is 78.9 Å². The van der Waals surface area contributed by atoms with Gasteiger partial charge in [0.25, 0.3) is 5.22 Å². The number of oxazole rings is 2. The first-order valence-electron chi connectivity index (χ1n) is 19.2. The molecule has 0 aliphatic heterocycles. The number of rotatable bonds is 21. The topological polar surface area (TPSA) is 180 Å². The van der Waals surface area contributed by atoms with Crippen LogP contribution in [0.1, 0.15) is 58.7 Å². The molecule has 19 heteroatoms. The van der Waals surface area contributed by atoms with Crippen molar-refractivity contribution in [2.75, 3.05) is 44.1 Å². The third-order valence-corrected chi connectivity index (χ3v) is 12.6. The maximum atomic E-state index is 12.2. The quantitative estimate of drug-likeness (QED) is 0.0491. The second kappa shape index (κ2) is 21.3. The molecule has 0 bridgehead atoms. The van der Waals surface area contributed by atoms with Crippen molar-refractivity contribution in [2.45, 2.75) is 48.3 Å². The fourth-order valence-electron chi connectivity index (χ4n) is 6.68. The first-order chi connectivity index (χ1) is 30.7. The summed E-state index contributed by atoms with van der Waals surface area (Å²) in [5.41, 5.74) is 0.503. The number of aromatic nitrogens is 2. The molecule has 0 aliphatic carbocycles. The second-order valence-corrected chi connectivity index (χ2v) is 18.7. The largest absolute Gasteiger partial charge is 0.489 e. The fourth-order valence-corrected chi connectivity index (χ4v) is 8.48. The van der Waals surface area contributed by atoms with Gasteiger partial charge in [0.2, 0.25) is 0 Å². The Kier molecular flexibility index (Phi) is 16.1. The van der Waals surface area contributed by atoms with E-state index in [-0.39, 0.29) is 88.3 Å². The van der Waals surface area contributed by atoms with Gasteiger partial charge in [-0.1, -0.05) is 59.2 Å². The highest BCUT2D eigenvalue weighted by Crippen LogP contribution is 2.44. The Balaban J connectivity index is 1.42. The van der Waals surface area contributed by atoms with Gasteiger partial charge in [-0.3, -0.25) is 0 Å². The highest BCUT2D eigenvalue weighted by Gasteiger charge is 2.38. The van der Waals surface area contributed by atoms with Crippen LogP contribution in [0.4, 0.5) is 0 Å². The molecule has 0 radical (unpaired) electrons. The van der Waals surface area contributed by atoms with Crippen molar-refractivity contribution >= 4 is 68.0 Å². The number of thioether (sulfide) groups is 1. The zero-order valence-electron chi connectivity index (χ0n) is 34.8. The SMILES string of the molecule is CSc1ncc(COc2ccc(C(C)(COC(C)(c3ccc(OCc4ocnc4S(C)(=O)=O)cc3)c3cc(Cl)c(OCCCl)c(C#N)c3)c3cc(Cl)c(OCCCl)c(C#N)c3)cc2)o1. The van der Waals surface area contributed by atoms with E-state index >= 15 is 0 Å². The summed E-state index contributed by atoms with van der Waals surface area (Å²) in [7, 11) is -3.65. The van der Waals surface area contributed by atoms with Crippen LogP contribution in [0.15, 0.2) is 104 Å². The molecular formula is C45H40Cl4N4O9S2. The molecule has 2 unspecified atom stereocenters. The van der Waals surface area contributed by atoms with Crippen LogP contribution in [0.3, 0.4) is 0 Å². The van der Waals surface area contributed by atoms with Crippen molar-refractivity contribution < 1.29 is 40.9 Å². The molecule has 334 valence electrons. The van der Waals surface area contributed by atoms with Crippen LogP contribution in [0.2, 0.25) is 10.0 Å². The van der Waals surface area contributed by atoms with Crippen LogP contribution in [0.25, 0.3) is 0 Å². The van der Waals surface area contributed by atoms with Gasteiger partial charge in [0.15, 0.2) is 44.3 Å². The van der Waals surface area contributed by atoms with Crippen LogP contribution in [-0.2, 0) is 38.8 Å². The van der Waals surface area contributed by atoms with Gasteiger partial charge in [-0.15, -0.1) is 23.2 Å². The summed E-state index contributed by atoms with van der Waals surface area (Å²) in [5, 5.41) is 21.3. The van der Waals surface area contributed by atoms with Crippen molar-refractivity contribution in [3.05, 3.63) is 140 Å². The van der Waals surface area contributed by atoms with Crippen molar-refractivity contribution in [1.82, 2.24) is 9.97 Å².